The second-order valence-corrected chi connectivity index (χ2v) is 3.69. The highest BCUT2D eigenvalue weighted by atomic mass is 16.6. The van der Waals surface area contributed by atoms with Crippen LogP contribution in [-0.2, 0) is 9.47 Å². The van der Waals surface area contributed by atoms with Gasteiger partial charge >= 0.3 is 0 Å². The van der Waals surface area contributed by atoms with Crippen LogP contribution < -0.4 is 5.32 Å². The van der Waals surface area contributed by atoms with Gasteiger partial charge < -0.3 is 14.8 Å². The van der Waals surface area contributed by atoms with E-state index < -0.39 is 0 Å². The zero-order chi connectivity index (χ0) is 8.23. The summed E-state index contributed by atoms with van der Waals surface area (Å²) in [6, 6.07) is 0. The van der Waals surface area contributed by atoms with Gasteiger partial charge in [0.2, 0.25) is 0 Å². The average molecular weight is 172 g/mol. The predicted molar refractivity (Wildman–Crippen MR) is 44.9 cm³/mol. The van der Waals surface area contributed by atoms with E-state index in [1.807, 2.05) is 0 Å². The van der Waals surface area contributed by atoms with Gasteiger partial charge in [0.15, 0.2) is 0 Å². The molecule has 1 atom stereocenters. The van der Waals surface area contributed by atoms with Crippen LogP contribution >= 0.6 is 0 Å². The Morgan fingerprint density at radius 2 is 1.92 bits per heavy atom. The van der Waals surface area contributed by atoms with Crippen molar-refractivity contribution in [3.63, 3.8) is 0 Å². The number of piperidine rings is 1. The van der Waals surface area contributed by atoms with E-state index in [9.17, 15) is 0 Å². The molecule has 2 heterocycles. The summed E-state index contributed by atoms with van der Waals surface area (Å²) in [6.07, 6.45) is 3.00. The van der Waals surface area contributed by atoms with Crippen LogP contribution in [0.2, 0.25) is 0 Å². The van der Waals surface area contributed by atoms with E-state index in [1.54, 1.807) is 0 Å². The summed E-state index contributed by atoms with van der Waals surface area (Å²) in [7, 11) is 0. The second-order valence-electron chi connectivity index (χ2n) is 3.69. The largest absolute Gasteiger partial charge is 0.376 e. The molecule has 2 fully saturated rings. The average Bonchev–Trinajstić information content (AvgIpc) is 2.21. The summed E-state index contributed by atoms with van der Waals surface area (Å²) in [5.74, 6) is 0.760. The van der Waals surface area contributed by atoms with Crippen molar-refractivity contribution in [1.29, 1.82) is 0 Å². The number of hydrogen-bond donors (Lipinski definition) is 1. The molecule has 70 valence electrons. The lowest BCUT2D eigenvalue weighted by Crippen LogP contribution is -2.86. The third-order valence-electron chi connectivity index (χ3n) is 2.85. The number of quaternary nitrogens is 1. The predicted octanol–water partition coefficient (Wildman–Crippen LogP) is -0.625. The molecular weight excluding hydrogens is 154 g/mol. The van der Waals surface area contributed by atoms with E-state index in [0.29, 0.717) is 6.10 Å². The normalized spacial score (nSPS) is 33.5. The van der Waals surface area contributed by atoms with Gasteiger partial charge in [0, 0.05) is 12.8 Å². The minimum absolute atomic E-state index is 0.396. The first kappa shape index (κ1) is 8.48. The maximum Gasteiger partial charge on any atom is 0.0842 e. The van der Waals surface area contributed by atoms with Gasteiger partial charge in [0.05, 0.1) is 39.0 Å². The van der Waals surface area contributed by atoms with Crippen LogP contribution in [0.25, 0.3) is 0 Å². The van der Waals surface area contributed by atoms with E-state index >= 15 is 0 Å². The van der Waals surface area contributed by atoms with Crippen molar-refractivity contribution < 1.29 is 14.8 Å². The molecule has 0 aliphatic carbocycles. The van der Waals surface area contributed by atoms with Crippen LogP contribution in [0.1, 0.15) is 12.8 Å². The zero-order valence-corrected chi connectivity index (χ0v) is 7.50. The van der Waals surface area contributed by atoms with Crippen LogP contribution in [0.3, 0.4) is 0 Å². The van der Waals surface area contributed by atoms with Crippen molar-refractivity contribution in [3.8, 4) is 0 Å². The molecule has 0 aromatic heterocycles. The first-order chi connectivity index (χ1) is 5.97. The molecule has 3 nitrogen and oxygen atoms in total. The van der Waals surface area contributed by atoms with Gasteiger partial charge in [-0.2, -0.15) is 0 Å². The Morgan fingerprint density at radius 1 is 1.08 bits per heavy atom. The molecule has 0 aromatic carbocycles. The van der Waals surface area contributed by atoms with E-state index in [0.717, 1.165) is 25.7 Å². The molecule has 2 saturated heterocycles. The fourth-order valence-electron chi connectivity index (χ4n) is 2.10. The summed E-state index contributed by atoms with van der Waals surface area (Å²) in [6.45, 7) is 4.94. The molecule has 0 saturated carbocycles. The van der Waals surface area contributed by atoms with Gasteiger partial charge in [-0.05, 0) is 5.92 Å². The van der Waals surface area contributed by atoms with Crippen LogP contribution in [0.5, 0.6) is 0 Å². The summed E-state index contributed by atoms with van der Waals surface area (Å²) in [5.41, 5.74) is 0. The Hall–Kier alpha value is -0.120. The first-order valence-electron chi connectivity index (χ1n) is 4.98. The van der Waals surface area contributed by atoms with Crippen LogP contribution in [0.4, 0.5) is 0 Å². The van der Waals surface area contributed by atoms with Crippen LogP contribution in [-0.4, -0.2) is 39.0 Å². The number of nitrogens with two attached hydrogens (primary N) is 1. The Morgan fingerprint density at radius 3 is 2.58 bits per heavy atom. The van der Waals surface area contributed by atoms with Crippen molar-refractivity contribution in [1.82, 2.24) is 0 Å². The Labute approximate surface area is 73.4 Å². The molecule has 2 aliphatic heterocycles. The molecule has 3 heteroatoms. The Balaban J connectivity index is 1.80. The molecular formula is C9H18NO2+. The SMILES string of the molecule is C1CC(C2COCCO2)CC[NH2+]1. The lowest BCUT2D eigenvalue weighted by molar-refractivity contribution is -0.665. The van der Waals surface area contributed by atoms with Gasteiger partial charge in [0.25, 0.3) is 0 Å². The first-order valence-corrected chi connectivity index (χ1v) is 4.98. The summed E-state index contributed by atoms with van der Waals surface area (Å²) >= 11 is 0. The van der Waals surface area contributed by atoms with Gasteiger partial charge in [-0.15, -0.1) is 0 Å². The molecule has 0 radical (unpaired) electrons. The quantitative estimate of drug-likeness (QED) is 0.572. The number of hydrogen-bond acceptors (Lipinski definition) is 2. The summed E-state index contributed by atoms with van der Waals surface area (Å²) < 4.78 is 11.1. The lowest BCUT2D eigenvalue weighted by atomic mass is 9.92. The highest BCUT2D eigenvalue weighted by molar-refractivity contribution is 4.73. The molecule has 0 spiro atoms. The van der Waals surface area contributed by atoms with Crippen LogP contribution in [0.15, 0.2) is 0 Å². The van der Waals surface area contributed by atoms with Gasteiger partial charge in [-0.3, -0.25) is 0 Å². The fourth-order valence-corrected chi connectivity index (χ4v) is 2.10. The van der Waals surface area contributed by atoms with Crippen molar-refractivity contribution >= 4 is 0 Å². The van der Waals surface area contributed by atoms with Crippen LogP contribution in [0, 0.1) is 5.92 Å². The van der Waals surface area contributed by atoms with E-state index in [2.05, 4.69) is 5.32 Å². The van der Waals surface area contributed by atoms with Gasteiger partial charge in [0.1, 0.15) is 0 Å². The highest BCUT2D eigenvalue weighted by Crippen LogP contribution is 2.19. The fraction of sp³-hybridized carbons (Fsp3) is 1.00. The Bertz CT molecular complexity index is 112. The molecule has 12 heavy (non-hydrogen) atoms. The van der Waals surface area contributed by atoms with Crippen molar-refractivity contribution in [3.05, 3.63) is 0 Å². The minimum Gasteiger partial charge on any atom is -0.376 e. The molecule has 2 rings (SSSR count). The molecule has 0 amide bonds. The molecule has 0 aromatic rings. The third kappa shape index (κ3) is 1.97. The molecule has 1 unspecified atom stereocenters. The maximum absolute atomic E-state index is 5.68. The third-order valence-corrected chi connectivity index (χ3v) is 2.85. The van der Waals surface area contributed by atoms with E-state index in [1.165, 1.54) is 25.9 Å². The lowest BCUT2D eigenvalue weighted by Gasteiger charge is -2.31. The van der Waals surface area contributed by atoms with E-state index in [4.69, 9.17) is 9.47 Å². The molecule has 2 N–H and O–H groups in total. The smallest absolute Gasteiger partial charge is 0.0842 e. The number of rotatable bonds is 1. The second kappa shape index (κ2) is 4.21. The maximum atomic E-state index is 5.68. The monoisotopic (exact) mass is 172 g/mol. The van der Waals surface area contributed by atoms with E-state index in [-0.39, 0.29) is 0 Å². The highest BCUT2D eigenvalue weighted by Gasteiger charge is 2.27. The Kier molecular flexibility index (Phi) is 2.98. The molecule has 2 aliphatic rings. The minimum atomic E-state index is 0.396. The van der Waals surface area contributed by atoms with Gasteiger partial charge in [-0.1, -0.05) is 0 Å². The van der Waals surface area contributed by atoms with Gasteiger partial charge in [-0.25, -0.2) is 0 Å². The summed E-state index contributed by atoms with van der Waals surface area (Å²) in [5, 5.41) is 2.39. The van der Waals surface area contributed by atoms with Crippen molar-refractivity contribution in [2.75, 3.05) is 32.9 Å². The standard InChI is InChI=1S/C9H17NO2/c1-3-10-4-2-8(1)9-7-11-5-6-12-9/h8-10H,1-7H2/p+1. The van der Waals surface area contributed by atoms with Crippen molar-refractivity contribution in [2.24, 2.45) is 5.92 Å². The molecule has 0 bridgehead atoms. The van der Waals surface area contributed by atoms with Crippen molar-refractivity contribution in [2.45, 2.75) is 18.9 Å². The summed E-state index contributed by atoms with van der Waals surface area (Å²) in [4.78, 5) is 0. The topological polar surface area (TPSA) is 35.1 Å². The zero-order valence-electron chi connectivity index (χ0n) is 7.50. The number of ether oxygens (including phenoxy) is 2.